The summed E-state index contributed by atoms with van der Waals surface area (Å²) < 4.78 is 14.2. The molecule has 0 saturated heterocycles. The predicted molar refractivity (Wildman–Crippen MR) is 120 cm³/mol. The van der Waals surface area contributed by atoms with Crippen molar-refractivity contribution < 1.29 is 19.1 Å². The second-order valence-corrected chi connectivity index (χ2v) is 9.13. The normalized spacial score (nSPS) is 23.6. The van der Waals surface area contributed by atoms with Gasteiger partial charge in [-0.25, -0.2) is 9.18 Å². The van der Waals surface area contributed by atoms with E-state index in [4.69, 9.17) is 0 Å². The molecule has 1 amide bonds. The van der Waals surface area contributed by atoms with Gasteiger partial charge in [0, 0.05) is 11.1 Å². The smallest absolute Gasteiger partial charge is 0.335 e. The van der Waals surface area contributed by atoms with Gasteiger partial charge in [-0.3, -0.25) is 4.79 Å². The Morgan fingerprint density at radius 1 is 1.06 bits per heavy atom. The number of anilines is 1. The summed E-state index contributed by atoms with van der Waals surface area (Å²) in [6.45, 7) is 4.47. The average molecular weight is 429 g/mol. The van der Waals surface area contributed by atoms with Gasteiger partial charge in [-0.1, -0.05) is 56.3 Å². The van der Waals surface area contributed by atoms with E-state index in [1.807, 2.05) is 36.4 Å². The lowest BCUT2D eigenvalue weighted by Gasteiger charge is -2.27. The van der Waals surface area contributed by atoms with Crippen molar-refractivity contribution in [2.24, 2.45) is 5.92 Å². The van der Waals surface area contributed by atoms with Crippen LogP contribution in [0.4, 0.5) is 10.1 Å². The summed E-state index contributed by atoms with van der Waals surface area (Å²) >= 11 is 0. The lowest BCUT2D eigenvalue weighted by molar-refractivity contribution is -0.121. The highest BCUT2D eigenvalue weighted by molar-refractivity contribution is 6.12. The zero-order chi connectivity index (χ0) is 22.7. The van der Waals surface area contributed by atoms with E-state index in [-0.39, 0.29) is 29.8 Å². The molecule has 3 aromatic carbocycles. The Morgan fingerprint density at radius 3 is 2.53 bits per heavy atom. The van der Waals surface area contributed by atoms with Gasteiger partial charge in [0.05, 0.1) is 17.5 Å². The number of carboxylic acids is 1. The molecule has 4 nitrogen and oxygen atoms in total. The summed E-state index contributed by atoms with van der Waals surface area (Å²) in [4.78, 5) is 27.2. The molecule has 1 heterocycles. The van der Waals surface area contributed by atoms with Gasteiger partial charge in [-0.15, -0.1) is 0 Å². The van der Waals surface area contributed by atoms with E-state index in [9.17, 15) is 19.1 Å². The third kappa shape index (κ3) is 2.67. The van der Waals surface area contributed by atoms with Crippen LogP contribution in [0, 0.1) is 11.7 Å². The standard InChI is InChI=1S/C27H24FNO3/c1-17(2)26(20-9-6-10-21(28)14-20)16-27(26)22-11-3-4-12-23(22)29(25(27)32)15-18-7-5-8-19(13-18)24(30)31/h3-14,17H,15-16H2,1-2H3,(H,30,31)/t26-,27-/m0/s1. The maximum Gasteiger partial charge on any atom is 0.335 e. The minimum atomic E-state index is -0.997. The molecular formula is C27H24FNO3. The molecule has 5 rings (SSSR count). The maximum atomic E-state index is 14.2. The zero-order valence-electron chi connectivity index (χ0n) is 18.0. The van der Waals surface area contributed by atoms with Crippen molar-refractivity contribution in [1.29, 1.82) is 0 Å². The Balaban J connectivity index is 1.61. The van der Waals surface area contributed by atoms with Crippen LogP contribution >= 0.6 is 0 Å². The number of benzene rings is 3. The highest BCUT2D eigenvalue weighted by Gasteiger charge is 2.77. The van der Waals surface area contributed by atoms with Crippen LogP contribution in [0.25, 0.3) is 0 Å². The molecule has 1 aliphatic carbocycles. The topological polar surface area (TPSA) is 57.6 Å². The second-order valence-electron chi connectivity index (χ2n) is 9.13. The van der Waals surface area contributed by atoms with Crippen molar-refractivity contribution in [1.82, 2.24) is 0 Å². The molecule has 1 aliphatic heterocycles. The van der Waals surface area contributed by atoms with Gasteiger partial charge in [-0.2, -0.15) is 0 Å². The van der Waals surface area contributed by atoms with E-state index in [1.165, 1.54) is 6.07 Å². The van der Waals surface area contributed by atoms with Gasteiger partial charge in [0.25, 0.3) is 0 Å². The SMILES string of the molecule is CC(C)[C@]1(c2cccc(F)c2)C[C@]12C(=O)N(Cc1cccc(C(=O)O)c1)c1ccccc12. The van der Waals surface area contributed by atoms with Crippen LogP contribution in [0.5, 0.6) is 0 Å². The molecule has 1 N–H and O–H groups in total. The molecule has 162 valence electrons. The number of nitrogens with zero attached hydrogens (tertiary/aromatic N) is 1. The number of hydrogen-bond acceptors (Lipinski definition) is 2. The molecule has 1 saturated carbocycles. The summed E-state index contributed by atoms with van der Waals surface area (Å²) in [6.07, 6.45) is 0.628. The van der Waals surface area contributed by atoms with E-state index in [2.05, 4.69) is 13.8 Å². The Labute approximate surface area is 186 Å². The maximum absolute atomic E-state index is 14.2. The Morgan fingerprint density at radius 2 is 1.81 bits per heavy atom. The molecule has 2 aliphatic rings. The highest BCUT2D eigenvalue weighted by atomic mass is 19.1. The molecule has 1 fully saturated rings. The first kappa shape index (κ1) is 20.4. The monoisotopic (exact) mass is 429 g/mol. The number of para-hydroxylation sites is 1. The number of fused-ring (bicyclic) bond motifs is 2. The number of amides is 1. The van der Waals surface area contributed by atoms with E-state index < -0.39 is 16.8 Å². The number of carboxylic acid groups (broad SMARTS) is 1. The molecule has 3 aromatic rings. The average Bonchev–Trinajstić information content (AvgIpc) is 3.45. The third-order valence-corrected chi connectivity index (χ3v) is 7.29. The minimum Gasteiger partial charge on any atom is -0.478 e. The quantitative estimate of drug-likeness (QED) is 0.598. The number of carbonyl (C=O) groups is 2. The lowest BCUT2D eigenvalue weighted by atomic mass is 9.75. The van der Waals surface area contributed by atoms with Crippen LogP contribution in [0.1, 0.15) is 47.3 Å². The number of aromatic carboxylic acids is 1. The van der Waals surface area contributed by atoms with Crippen molar-refractivity contribution in [3.63, 3.8) is 0 Å². The fourth-order valence-corrected chi connectivity index (χ4v) is 5.79. The van der Waals surface area contributed by atoms with E-state index >= 15 is 0 Å². The van der Waals surface area contributed by atoms with Crippen molar-refractivity contribution in [2.75, 3.05) is 4.90 Å². The summed E-state index contributed by atoms with van der Waals surface area (Å²) in [5.41, 5.74) is 2.39. The predicted octanol–water partition coefficient (Wildman–Crippen LogP) is 5.31. The number of rotatable bonds is 5. The van der Waals surface area contributed by atoms with Crippen molar-refractivity contribution >= 4 is 17.6 Å². The Kier molecular flexibility index (Phi) is 4.48. The van der Waals surface area contributed by atoms with Gasteiger partial charge in [0.1, 0.15) is 5.82 Å². The van der Waals surface area contributed by atoms with Crippen molar-refractivity contribution in [2.45, 2.75) is 37.6 Å². The van der Waals surface area contributed by atoms with Crippen molar-refractivity contribution in [3.05, 3.63) is 101 Å². The molecule has 2 atom stereocenters. The first-order valence-electron chi connectivity index (χ1n) is 10.8. The summed E-state index contributed by atoms with van der Waals surface area (Å²) in [5.74, 6) is -1.18. The van der Waals surface area contributed by atoms with Crippen molar-refractivity contribution in [3.8, 4) is 0 Å². The fourth-order valence-electron chi connectivity index (χ4n) is 5.79. The minimum absolute atomic E-state index is 0.00242. The molecule has 32 heavy (non-hydrogen) atoms. The number of halogens is 1. The number of hydrogen-bond donors (Lipinski definition) is 1. The molecule has 0 radical (unpaired) electrons. The largest absolute Gasteiger partial charge is 0.478 e. The van der Waals surface area contributed by atoms with Gasteiger partial charge >= 0.3 is 5.97 Å². The fraction of sp³-hybridized carbons (Fsp3) is 0.259. The van der Waals surface area contributed by atoms with Gasteiger partial charge in [-0.05, 0) is 59.4 Å². The second kappa shape index (κ2) is 7.02. The van der Waals surface area contributed by atoms with Gasteiger partial charge < -0.3 is 10.0 Å². The van der Waals surface area contributed by atoms with Gasteiger partial charge in [0.15, 0.2) is 0 Å². The van der Waals surface area contributed by atoms with Crippen LogP contribution in [-0.4, -0.2) is 17.0 Å². The first-order valence-corrected chi connectivity index (χ1v) is 10.8. The lowest BCUT2D eigenvalue weighted by Crippen LogP contribution is -2.38. The molecule has 0 aromatic heterocycles. The van der Waals surface area contributed by atoms with Gasteiger partial charge in [0.2, 0.25) is 5.91 Å². The Hall–Kier alpha value is -3.47. The first-order chi connectivity index (χ1) is 15.3. The molecule has 0 bridgehead atoms. The van der Waals surface area contributed by atoms with Crippen LogP contribution in [0.2, 0.25) is 0 Å². The van der Waals surface area contributed by atoms with E-state index in [0.717, 1.165) is 22.4 Å². The van der Waals surface area contributed by atoms with E-state index in [0.29, 0.717) is 6.42 Å². The Bertz CT molecular complexity index is 1250. The summed E-state index contributed by atoms with van der Waals surface area (Å²) in [5, 5.41) is 9.34. The zero-order valence-corrected chi connectivity index (χ0v) is 18.0. The summed E-state index contributed by atoms with van der Waals surface area (Å²) in [7, 11) is 0. The molecule has 0 unspecified atom stereocenters. The van der Waals surface area contributed by atoms with Crippen LogP contribution in [0.15, 0.2) is 72.8 Å². The molecule has 5 heteroatoms. The highest BCUT2D eigenvalue weighted by Crippen LogP contribution is 2.73. The summed E-state index contributed by atoms with van der Waals surface area (Å²) in [6, 6.07) is 21.1. The van der Waals surface area contributed by atoms with Crippen LogP contribution < -0.4 is 4.90 Å². The third-order valence-electron chi connectivity index (χ3n) is 7.29. The van der Waals surface area contributed by atoms with Crippen LogP contribution in [-0.2, 0) is 22.2 Å². The molecular weight excluding hydrogens is 405 g/mol. The van der Waals surface area contributed by atoms with Crippen LogP contribution in [0.3, 0.4) is 0 Å². The molecule has 1 spiro atoms. The number of carbonyl (C=O) groups excluding carboxylic acids is 1. The van der Waals surface area contributed by atoms with E-state index in [1.54, 1.807) is 35.2 Å².